The summed E-state index contributed by atoms with van der Waals surface area (Å²) in [7, 11) is 0. The van der Waals surface area contributed by atoms with Crippen molar-refractivity contribution in [2.45, 2.75) is 31.2 Å². The Morgan fingerprint density at radius 1 is 1.29 bits per heavy atom. The lowest BCUT2D eigenvalue weighted by molar-refractivity contribution is 0.247. The van der Waals surface area contributed by atoms with E-state index in [-0.39, 0.29) is 5.54 Å². The van der Waals surface area contributed by atoms with Gasteiger partial charge in [-0.1, -0.05) is 35.3 Å². The topological polar surface area (TPSA) is 26.0 Å². The minimum absolute atomic E-state index is 0.0334. The summed E-state index contributed by atoms with van der Waals surface area (Å²) in [6, 6.07) is 5.73. The average Bonchev–Trinajstić information content (AvgIpc) is 2.10. The van der Waals surface area contributed by atoms with Crippen LogP contribution in [0.2, 0.25) is 10.0 Å². The zero-order valence-electron chi connectivity index (χ0n) is 7.89. The van der Waals surface area contributed by atoms with Crippen molar-refractivity contribution in [3.05, 3.63) is 33.8 Å². The van der Waals surface area contributed by atoms with Crippen molar-refractivity contribution in [3.63, 3.8) is 0 Å². The van der Waals surface area contributed by atoms with Crippen molar-refractivity contribution in [1.29, 1.82) is 0 Å². The summed E-state index contributed by atoms with van der Waals surface area (Å²) in [5, 5.41) is 1.28. The molecule has 0 radical (unpaired) electrons. The van der Waals surface area contributed by atoms with Crippen LogP contribution in [-0.4, -0.2) is 5.54 Å². The molecular formula is C11H13Cl2N. The van der Waals surface area contributed by atoms with Gasteiger partial charge in [-0.2, -0.15) is 0 Å². The van der Waals surface area contributed by atoms with Crippen LogP contribution >= 0.6 is 23.2 Å². The van der Waals surface area contributed by atoms with E-state index in [0.717, 1.165) is 24.8 Å². The standard InChI is InChI=1S/C11H13Cl2N/c12-9-4-1-3-8(10(9)13)7-11(14)5-2-6-11/h1,3-4H,2,5-7,14H2. The fourth-order valence-electron chi connectivity index (χ4n) is 1.87. The number of benzene rings is 1. The van der Waals surface area contributed by atoms with Gasteiger partial charge in [-0.25, -0.2) is 0 Å². The fourth-order valence-corrected chi connectivity index (χ4v) is 2.26. The van der Waals surface area contributed by atoms with E-state index in [1.807, 2.05) is 12.1 Å². The fraction of sp³-hybridized carbons (Fsp3) is 0.455. The molecule has 2 N–H and O–H groups in total. The van der Waals surface area contributed by atoms with Gasteiger partial charge in [0.05, 0.1) is 10.0 Å². The highest BCUT2D eigenvalue weighted by atomic mass is 35.5. The summed E-state index contributed by atoms with van der Waals surface area (Å²) >= 11 is 12.0. The summed E-state index contributed by atoms with van der Waals surface area (Å²) < 4.78 is 0. The Balaban J connectivity index is 2.20. The molecular weight excluding hydrogens is 217 g/mol. The number of halogens is 2. The van der Waals surface area contributed by atoms with E-state index < -0.39 is 0 Å². The van der Waals surface area contributed by atoms with E-state index in [0.29, 0.717) is 10.0 Å². The van der Waals surface area contributed by atoms with Crippen molar-refractivity contribution in [2.24, 2.45) is 5.73 Å². The lowest BCUT2D eigenvalue weighted by atomic mass is 9.74. The summed E-state index contributed by atoms with van der Waals surface area (Å²) in [5.74, 6) is 0. The molecule has 1 aromatic rings. The van der Waals surface area contributed by atoms with Gasteiger partial charge >= 0.3 is 0 Å². The molecule has 76 valence electrons. The van der Waals surface area contributed by atoms with E-state index in [4.69, 9.17) is 28.9 Å². The van der Waals surface area contributed by atoms with Crippen molar-refractivity contribution < 1.29 is 0 Å². The molecule has 0 heterocycles. The Hall–Kier alpha value is -0.240. The van der Waals surface area contributed by atoms with Crippen LogP contribution in [0.25, 0.3) is 0 Å². The molecule has 1 saturated carbocycles. The molecule has 0 unspecified atom stereocenters. The van der Waals surface area contributed by atoms with Gasteiger partial charge in [-0.15, -0.1) is 0 Å². The predicted molar refractivity (Wildman–Crippen MR) is 60.9 cm³/mol. The first kappa shape index (κ1) is 10.3. The molecule has 1 nitrogen and oxygen atoms in total. The van der Waals surface area contributed by atoms with Gasteiger partial charge in [0.25, 0.3) is 0 Å². The maximum atomic E-state index is 6.15. The Bertz CT molecular complexity index is 345. The van der Waals surface area contributed by atoms with Crippen LogP contribution < -0.4 is 5.73 Å². The first-order valence-corrected chi connectivity index (χ1v) is 5.58. The van der Waals surface area contributed by atoms with E-state index >= 15 is 0 Å². The largest absolute Gasteiger partial charge is 0.325 e. The highest BCUT2D eigenvalue weighted by molar-refractivity contribution is 6.42. The van der Waals surface area contributed by atoms with Gasteiger partial charge in [-0.05, 0) is 37.3 Å². The molecule has 1 aliphatic carbocycles. The van der Waals surface area contributed by atoms with Gasteiger partial charge in [0.15, 0.2) is 0 Å². The highest BCUT2D eigenvalue weighted by Gasteiger charge is 2.33. The summed E-state index contributed by atoms with van der Waals surface area (Å²) in [4.78, 5) is 0. The van der Waals surface area contributed by atoms with Crippen LogP contribution in [-0.2, 0) is 6.42 Å². The average molecular weight is 230 g/mol. The maximum Gasteiger partial charge on any atom is 0.0624 e. The SMILES string of the molecule is NC1(Cc2cccc(Cl)c2Cl)CCC1. The number of rotatable bonds is 2. The lowest BCUT2D eigenvalue weighted by Crippen LogP contribution is -2.48. The van der Waals surface area contributed by atoms with Crippen LogP contribution in [0, 0.1) is 0 Å². The highest BCUT2D eigenvalue weighted by Crippen LogP contribution is 2.35. The van der Waals surface area contributed by atoms with Crippen LogP contribution in [0.4, 0.5) is 0 Å². The molecule has 0 bridgehead atoms. The summed E-state index contributed by atoms with van der Waals surface area (Å²) in [6.07, 6.45) is 4.26. The van der Waals surface area contributed by atoms with Crippen LogP contribution in [0.3, 0.4) is 0 Å². The molecule has 1 aromatic carbocycles. The molecule has 1 aliphatic rings. The maximum absolute atomic E-state index is 6.15. The number of hydrogen-bond donors (Lipinski definition) is 1. The van der Waals surface area contributed by atoms with Crippen molar-refractivity contribution in [3.8, 4) is 0 Å². The second-order valence-corrected chi connectivity index (χ2v) is 4.89. The molecule has 0 atom stereocenters. The predicted octanol–water partition coefficient (Wildman–Crippen LogP) is 3.42. The molecule has 3 heteroatoms. The molecule has 0 spiro atoms. The second kappa shape index (κ2) is 3.73. The van der Waals surface area contributed by atoms with E-state index in [1.165, 1.54) is 6.42 Å². The molecule has 1 fully saturated rings. The zero-order chi connectivity index (χ0) is 10.2. The molecule has 0 saturated heterocycles. The van der Waals surface area contributed by atoms with Gasteiger partial charge in [0.2, 0.25) is 0 Å². The van der Waals surface area contributed by atoms with Gasteiger partial charge < -0.3 is 5.73 Å². The Morgan fingerprint density at radius 2 is 2.00 bits per heavy atom. The summed E-state index contributed by atoms with van der Waals surface area (Å²) in [5.41, 5.74) is 7.19. The molecule has 2 rings (SSSR count). The van der Waals surface area contributed by atoms with Gasteiger partial charge in [0.1, 0.15) is 0 Å². The third-order valence-electron chi connectivity index (χ3n) is 2.92. The first-order chi connectivity index (χ1) is 6.61. The molecule has 14 heavy (non-hydrogen) atoms. The second-order valence-electron chi connectivity index (χ2n) is 4.11. The third kappa shape index (κ3) is 1.90. The van der Waals surface area contributed by atoms with Crippen molar-refractivity contribution in [1.82, 2.24) is 0 Å². The van der Waals surface area contributed by atoms with Gasteiger partial charge in [0, 0.05) is 5.54 Å². The Morgan fingerprint density at radius 3 is 2.57 bits per heavy atom. The molecule has 0 aromatic heterocycles. The Labute approximate surface area is 94.2 Å². The Kier molecular flexibility index (Phi) is 2.74. The van der Waals surface area contributed by atoms with E-state index in [2.05, 4.69) is 0 Å². The van der Waals surface area contributed by atoms with Crippen LogP contribution in [0.1, 0.15) is 24.8 Å². The zero-order valence-corrected chi connectivity index (χ0v) is 9.41. The van der Waals surface area contributed by atoms with Crippen molar-refractivity contribution >= 4 is 23.2 Å². The number of nitrogens with two attached hydrogens (primary N) is 1. The summed E-state index contributed by atoms with van der Waals surface area (Å²) in [6.45, 7) is 0. The molecule has 0 amide bonds. The lowest BCUT2D eigenvalue weighted by Gasteiger charge is -2.38. The number of hydrogen-bond acceptors (Lipinski definition) is 1. The van der Waals surface area contributed by atoms with E-state index in [1.54, 1.807) is 6.07 Å². The first-order valence-electron chi connectivity index (χ1n) is 4.82. The minimum Gasteiger partial charge on any atom is -0.325 e. The third-order valence-corrected chi connectivity index (χ3v) is 3.78. The van der Waals surface area contributed by atoms with E-state index in [9.17, 15) is 0 Å². The normalized spacial score (nSPS) is 19.1. The smallest absolute Gasteiger partial charge is 0.0624 e. The van der Waals surface area contributed by atoms with Crippen LogP contribution in [0.5, 0.6) is 0 Å². The quantitative estimate of drug-likeness (QED) is 0.827. The monoisotopic (exact) mass is 229 g/mol. The molecule has 0 aliphatic heterocycles. The van der Waals surface area contributed by atoms with Crippen LogP contribution in [0.15, 0.2) is 18.2 Å². The van der Waals surface area contributed by atoms with Gasteiger partial charge in [-0.3, -0.25) is 0 Å². The van der Waals surface area contributed by atoms with Crippen molar-refractivity contribution in [2.75, 3.05) is 0 Å². The minimum atomic E-state index is -0.0334.